The fourth-order valence-electron chi connectivity index (χ4n) is 2.86. The highest BCUT2D eigenvalue weighted by atomic mass is 32.2. The Hall–Kier alpha value is -2.90. The van der Waals surface area contributed by atoms with E-state index in [1.54, 1.807) is 12.1 Å². The van der Waals surface area contributed by atoms with Gasteiger partial charge in [-0.3, -0.25) is 10.4 Å². The third-order valence-electron chi connectivity index (χ3n) is 4.33. The number of para-hydroxylation sites is 2. The van der Waals surface area contributed by atoms with Gasteiger partial charge in [0.05, 0.1) is 11.4 Å². The molecule has 6 nitrogen and oxygen atoms in total. The van der Waals surface area contributed by atoms with Crippen LogP contribution in [0.1, 0.15) is 13.8 Å². The molecule has 0 unspecified atom stereocenters. The SMILES string of the molecule is CCN(CC)S(=O)(=O)c1ccc(NN(c2ccccc2)c2ccccc2)nc1. The zero-order valence-corrected chi connectivity index (χ0v) is 16.8. The summed E-state index contributed by atoms with van der Waals surface area (Å²) < 4.78 is 26.7. The van der Waals surface area contributed by atoms with Gasteiger partial charge in [0.2, 0.25) is 10.0 Å². The summed E-state index contributed by atoms with van der Waals surface area (Å²) in [6, 6.07) is 22.9. The number of hydrogen-bond donors (Lipinski definition) is 1. The van der Waals surface area contributed by atoms with E-state index in [4.69, 9.17) is 0 Å². The molecule has 0 spiro atoms. The second kappa shape index (κ2) is 8.86. The highest BCUT2D eigenvalue weighted by molar-refractivity contribution is 7.89. The van der Waals surface area contributed by atoms with E-state index in [2.05, 4.69) is 10.4 Å². The molecule has 0 saturated heterocycles. The molecule has 1 heterocycles. The lowest BCUT2D eigenvalue weighted by Gasteiger charge is -2.26. The molecule has 1 N–H and O–H groups in total. The standard InChI is InChI=1S/C21H24N4O2S/c1-3-24(4-2)28(26,27)20-15-16-21(22-17-20)23-25(18-11-7-5-8-12-18)19-13-9-6-10-14-19/h5-17H,3-4H2,1-2H3,(H,22,23). The van der Waals surface area contributed by atoms with Crippen LogP contribution >= 0.6 is 0 Å². The average Bonchev–Trinajstić information content (AvgIpc) is 2.74. The smallest absolute Gasteiger partial charge is 0.244 e. The largest absolute Gasteiger partial charge is 0.277 e. The van der Waals surface area contributed by atoms with Gasteiger partial charge < -0.3 is 0 Å². The fraction of sp³-hybridized carbons (Fsp3) is 0.190. The highest BCUT2D eigenvalue weighted by Crippen LogP contribution is 2.25. The Kier molecular flexibility index (Phi) is 6.28. The minimum Gasteiger partial charge on any atom is -0.277 e. The van der Waals surface area contributed by atoms with Crippen molar-refractivity contribution >= 4 is 27.2 Å². The Labute approximate surface area is 166 Å². The predicted octanol–water partition coefficient (Wildman–Crippen LogP) is 4.28. The van der Waals surface area contributed by atoms with E-state index < -0.39 is 10.0 Å². The lowest BCUT2D eigenvalue weighted by atomic mass is 10.2. The summed E-state index contributed by atoms with van der Waals surface area (Å²) in [4.78, 5) is 4.52. The maximum atomic E-state index is 12.6. The van der Waals surface area contributed by atoms with Gasteiger partial charge in [-0.05, 0) is 36.4 Å². The van der Waals surface area contributed by atoms with Gasteiger partial charge in [0, 0.05) is 19.3 Å². The van der Waals surface area contributed by atoms with Crippen molar-refractivity contribution in [3.05, 3.63) is 79.0 Å². The molecular formula is C21H24N4O2S. The molecule has 0 amide bonds. The van der Waals surface area contributed by atoms with Crippen molar-refractivity contribution in [2.24, 2.45) is 0 Å². The first-order valence-corrected chi connectivity index (χ1v) is 10.6. The monoisotopic (exact) mass is 396 g/mol. The van der Waals surface area contributed by atoms with Crippen LogP contribution < -0.4 is 10.4 Å². The lowest BCUT2D eigenvalue weighted by molar-refractivity contribution is 0.445. The Morgan fingerprint density at radius 2 is 1.36 bits per heavy atom. The third kappa shape index (κ3) is 4.32. The summed E-state index contributed by atoms with van der Waals surface area (Å²) in [6.07, 6.45) is 1.39. The molecule has 0 saturated carbocycles. The van der Waals surface area contributed by atoms with Crippen LogP contribution in [0.15, 0.2) is 83.9 Å². The molecule has 7 heteroatoms. The van der Waals surface area contributed by atoms with Crippen LogP contribution in [0.3, 0.4) is 0 Å². The van der Waals surface area contributed by atoms with Crippen molar-refractivity contribution in [1.82, 2.24) is 9.29 Å². The van der Waals surface area contributed by atoms with E-state index in [0.29, 0.717) is 18.9 Å². The van der Waals surface area contributed by atoms with Crippen molar-refractivity contribution in [1.29, 1.82) is 0 Å². The summed E-state index contributed by atoms with van der Waals surface area (Å²) in [5.74, 6) is 0.547. The van der Waals surface area contributed by atoms with Gasteiger partial charge in [-0.25, -0.2) is 13.4 Å². The number of benzene rings is 2. The molecule has 3 rings (SSSR count). The van der Waals surface area contributed by atoms with Crippen LogP contribution in [0.4, 0.5) is 17.2 Å². The molecule has 3 aromatic rings. The summed E-state index contributed by atoms with van der Waals surface area (Å²) in [6.45, 7) is 4.49. The Bertz CT molecular complexity index is 934. The summed E-state index contributed by atoms with van der Waals surface area (Å²) in [5.41, 5.74) is 5.14. The van der Waals surface area contributed by atoms with Gasteiger partial charge in [-0.1, -0.05) is 50.2 Å². The number of hydrazine groups is 1. The Balaban J connectivity index is 1.88. The lowest BCUT2D eigenvalue weighted by Crippen LogP contribution is -2.30. The van der Waals surface area contributed by atoms with Crippen LogP contribution in [0.2, 0.25) is 0 Å². The van der Waals surface area contributed by atoms with Gasteiger partial charge in [0.25, 0.3) is 0 Å². The number of nitrogens with one attached hydrogen (secondary N) is 1. The number of aromatic nitrogens is 1. The van der Waals surface area contributed by atoms with E-state index in [9.17, 15) is 8.42 Å². The van der Waals surface area contributed by atoms with Crippen molar-refractivity contribution in [2.75, 3.05) is 23.5 Å². The zero-order valence-electron chi connectivity index (χ0n) is 16.0. The molecule has 146 valence electrons. The first-order chi connectivity index (χ1) is 13.6. The number of hydrogen-bond acceptors (Lipinski definition) is 5. The van der Waals surface area contributed by atoms with Crippen LogP contribution in [0, 0.1) is 0 Å². The molecule has 0 fully saturated rings. The zero-order chi connectivity index (χ0) is 20.0. The summed E-state index contributed by atoms with van der Waals surface area (Å²) >= 11 is 0. The highest BCUT2D eigenvalue weighted by Gasteiger charge is 2.22. The van der Waals surface area contributed by atoms with Crippen LogP contribution in [-0.4, -0.2) is 30.8 Å². The molecule has 0 aliphatic carbocycles. The number of anilines is 3. The number of rotatable bonds is 8. The molecule has 0 bridgehead atoms. The molecular weight excluding hydrogens is 372 g/mol. The average molecular weight is 397 g/mol. The van der Waals surface area contributed by atoms with Gasteiger partial charge in [-0.15, -0.1) is 0 Å². The van der Waals surface area contributed by atoms with Crippen molar-refractivity contribution in [2.45, 2.75) is 18.7 Å². The van der Waals surface area contributed by atoms with Crippen molar-refractivity contribution < 1.29 is 8.42 Å². The van der Waals surface area contributed by atoms with Crippen LogP contribution in [-0.2, 0) is 10.0 Å². The molecule has 28 heavy (non-hydrogen) atoms. The van der Waals surface area contributed by atoms with E-state index in [-0.39, 0.29) is 4.90 Å². The van der Waals surface area contributed by atoms with Gasteiger partial charge in [-0.2, -0.15) is 4.31 Å². The predicted molar refractivity (Wildman–Crippen MR) is 113 cm³/mol. The molecule has 0 aliphatic rings. The quantitative estimate of drug-likeness (QED) is 0.576. The summed E-state index contributed by atoms with van der Waals surface area (Å²) in [7, 11) is -3.52. The molecule has 0 aliphatic heterocycles. The molecule has 2 aromatic carbocycles. The van der Waals surface area contributed by atoms with Crippen molar-refractivity contribution in [3.63, 3.8) is 0 Å². The Morgan fingerprint density at radius 1 is 0.821 bits per heavy atom. The maximum Gasteiger partial charge on any atom is 0.244 e. The second-order valence-corrected chi connectivity index (χ2v) is 8.02. The number of nitrogens with zero attached hydrogens (tertiary/aromatic N) is 3. The molecule has 1 aromatic heterocycles. The van der Waals surface area contributed by atoms with E-state index in [0.717, 1.165) is 11.4 Å². The number of pyridine rings is 1. The number of sulfonamides is 1. The first kappa shape index (κ1) is 19.9. The minimum atomic E-state index is -3.52. The minimum absolute atomic E-state index is 0.188. The summed E-state index contributed by atoms with van der Waals surface area (Å²) in [5, 5.41) is 1.90. The maximum absolute atomic E-state index is 12.6. The van der Waals surface area contributed by atoms with Gasteiger partial charge in [0.15, 0.2) is 0 Å². The van der Waals surface area contributed by atoms with Gasteiger partial charge >= 0.3 is 0 Å². The van der Waals surface area contributed by atoms with Crippen LogP contribution in [0.5, 0.6) is 0 Å². The van der Waals surface area contributed by atoms with E-state index in [1.807, 2.05) is 79.5 Å². The van der Waals surface area contributed by atoms with Gasteiger partial charge in [0.1, 0.15) is 10.7 Å². The first-order valence-electron chi connectivity index (χ1n) is 9.19. The van der Waals surface area contributed by atoms with E-state index >= 15 is 0 Å². The normalized spacial score (nSPS) is 11.4. The third-order valence-corrected chi connectivity index (χ3v) is 6.37. The fourth-order valence-corrected chi connectivity index (χ4v) is 4.26. The molecule has 0 radical (unpaired) electrons. The van der Waals surface area contributed by atoms with Crippen molar-refractivity contribution in [3.8, 4) is 0 Å². The van der Waals surface area contributed by atoms with E-state index in [1.165, 1.54) is 10.5 Å². The molecule has 0 atom stereocenters. The van der Waals surface area contributed by atoms with Crippen LogP contribution in [0.25, 0.3) is 0 Å². The second-order valence-electron chi connectivity index (χ2n) is 6.09. The Morgan fingerprint density at radius 3 is 1.79 bits per heavy atom. The topological polar surface area (TPSA) is 65.5 Å².